The molecule has 1 aromatic rings. The Kier molecular flexibility index (Phi) is 4.44. The maximum atomic E-state index is 12.7. The molecule has 2 N–H and O–H groups in total. The van der Waals surface area contributed by atoms with Gasteiger partial charge in [0.25, 0.3) is 0 Å². The summed E-state index contributed by atoms with van der Waals surface area (Å²) in [6.07, 6.45) is -2.35. The van der Waals surface area contributed by atoms with E-state index in [4.69, 9.17) is 5.11 Å². The molecule has 1 aliphatic carbocycles. The van der Waals surface area contributed by atoms with E-state index >= 15 is 0 Å². The number of amides is 1. The second kappa shape index (κ2) is 6.01. The topological polar surface area (TPSA) is 88.5 Å². The molecule has 0 bridgehead atoms. The molecule has 0 saturated heterocycles. The van der Waals surface area contributed by atoms with E-state index in [1.807, 2.05) is 0 Å². The van der Waals surface area contributed by atoms with Crippen LogP contribution in [0.2, 0.25) is 0 Å². The Morgan fingerprint density at radius 1 is 1.39 bits per heavy atom. The highest BCUT2D eigenvalue weighted by atomic mass is 19.3. The number of carbonyl (C=O) groups is 2. The summed E-state index contributed by atoms with van der Waals surface area (Å²) in [6, 6.07) is 2.33. The first-order valence-electron chi connectivity index (χ1n) is 6.47. The van der Waals surface area contributed by atoms with Crippen LogP contribution in [0.25, 0.3) is 0 Å². The average molecular weight is 336 g/mol. The minimum absolute atomic E-state index is 0.135. The monoisotopic (exact) mass is 336 g/mol. The molecule has 1 saturated carbocycles. The molecule has 1 aromatic heterocycles. The number of aromatic nitrogens is 1. The fourth-order valence-electron chi connectivity index (χ4n) is 1.69. The van der Waals surface area contributed by atoms with Crippen molar-refractivity contribution in [2.75, 3.05) is 11.9 Å². The van der Waals surface area contributed by atoms with Gasteiger partial charge in [-0.25, -0.2) is 13.8 Å². The first-order valence-corrected chi connectivity index (χ1v) is 6.47. The highest BCUT2D eigenvalue weighted by molar-refractivity contribution is 6.10. The average Bonchev–Trinajstić information content (AvgIpc) is 3.28. The van der Waals surface area contributed by atoms with Gasteiger partial charge < -0.3 is 15.2 Å². The number of hydrogen-bond donors (Lipinski definition) is 2. The summed E-state index contributed by atoms with van der Waals surface area (Å²) >= 11 is 0. The summed E-state index contributed by atoms with van der Waals surface area (Å²) in [5, 5.41) is 11.3. The molecule has 1 heterocycles. The molecule has 1 fully saturated rings. The van der Waals surface area contributed by atoms with Crippen LogP contribution in [0.3, 0.4) is 0 Å². The third-order valence-electron chi connectivity index (χ3n) is 3.32. The number of carbonyl (C=O) groups excluding carboxylic acids is 1. The van der Waals surface area contributed by atoms with Crippen molar-refractivity contribution >= 4 is 17.6 Å². The van der Waals surface area contributed by atoms with Crippen LogP contribution in [0, 0.1) is 5.41 Å². The second-order valence-corrected chi connectivity index (χ2v) is 5.08. The third kappa shape index (κ3) is 3.69. The molecular formula is C13H12F4N2O4. The highest BCUT2D eigenvalue weighted by Crippen LogP contribution is 2.46. The van der Waals surface area contributed by atoms with Crippen LogP contribution in [0.15, 0.2) is 18.3 Å². The summed E-state index contributed by atoms with van der Waals surface area (Å²) < 4.78 is 53.7. The zero-order chi connectivity index (χ0) is 17.3. The van der Waals surface area contributed by atoms with Crippen LogP contribution < -0.4 is 10.1 Å². The summed E-state index contributed by atoms with van der Waals surface area (Å²) in [5.74, 6) is -6.56. The number of pyridine rings is 1. The Morgan fingerprint density at radius 2 is 2.04 bits per heavy atom. The number of nitrogens with zero attached hydrogens (tertiary/aromatic N) is 1. The predicted octanol–water partition coefficient (Wildman–Crippen LogP) is 2.16. The molecule has 0 aromatic carbocycles. The molecule has 23 heavy (non-hydrogen) atoms. The van der Waals surface area contributed by atoms with Gasteiger partial charge in [-0.2, -0.15) is 8.78 Å². The summed E-state index contributed by atoms with van der Waals surface area (Å²) in [6.45, 7) is -1.54. The fraction of sp³-hybridized carbons (Fsp3) is 0.462. The summed E-state index contributed by atoms with van der Waals surface area (Å²) in [4.78, 5) is 26.4. The fourth-order valence-corrected chi connectivity index (χ4v) is 1.69. The smallest absolute Gasteiger partial charge is 0.340 e. The maximum Gasteiger partial charge on any atom is 0.340 e. The van der Waals surface area contributed by atoms with Gasteiger partial charge in [0.2, 0.25) is 11.8 Å². The number of halogens is 4. The Hall–Kier alpha value is -2.39. The van der Waals surface area contributed by atoms with Gasteiger partial charge in [0.15, 0.2) is 6.61 Å². The van der Waals surface area contributed by atoms with Crippen LogP contribution >= 0.6 is 0 Å². The molecule has 2 rings (SSSR count). The van der Waals surface area contributed by atoms with Crippen molar-refractivity contribution in [3.05, 3.63) is 18.3 Å². The van der Waals surface area contributed by atoms with Crippen molar-refractivity contribution in [2.45, 2.75) is 25.2 Å². The van der Waals surface area contributed by atoms with Gasteiger partial charge in [-0.05, 0) is 18.9 Å². The second-order valence-electron chi connectivity index (χ2n) is 5.08. The van der Waals surface area contributed by atoms with Crippen molar-refractivity contribution in [3.63, 3.8) is 0 Å². The third-order valence-corrected chi connectivity index (χ3v) is 3.32. The van der Waals surface area contributed by atoms with Gasteiger partial charge in [-0.1, -0.05) is 0 Å². The normalized spacial score (nSPS) is 16.0. The van der Waals surface area contributed by atoms with E-state index in [0.717, 1.165) is 12.3 Å². The highest BCUT2D eigenvalue weighted by Gasteiger charge is 2.57. The van der Waals surface area contributed by atoms with E-state index in [2.05, 4.69) is 15.0 Å². The van der Waals surface area contributed by atoms with Gasteiger partial charge in [0.1, 0.15) is 5.41 Å². The van der Waals surface area contributed by atoms with E-state index in [0.29, 0.717) is 0 Å². The molecular weight excluding hydrogens is 324 g/mol. The van der Waals surface area contributed by atoms with Crippen LogP contribution in [0.5, 0.6) is 5.88 Å². The van der Waals surface area contributed by atoms with Crippen LogP contribution in [-0.2, 0) is 9.59 Å². The van der Waals surface area contributed by atoms with Gasteiger partial charge in [0, 0.05) is 6.07 Å². The first-order chi connectivity index (χ1) is 10.7. The van der Waals surface area contributed by atoms with E-state index in [-0.39, 0.29) is 24.4 Å². The van der Waals surface area contributed by atoms with Gasteiger partial charge >= 0.3 is 18.3 Å². The minimum Gasteiger partial charge on any atom is -0.480 e. The van der Waals surface area contributed by atoms with Crippen molar-refractivity contribution in [1.29, 1.82) is 0 Å². The number of anilines is 1. The number of ether oxygens (including phenoxy) is 1. The van der Waals surface area contributed by atoms with E-state index < -0.39 is 36.2 Å². The Labute approximate surface area is 127 Å². The number of carboxylic acids is 1. The molecule has 0 spiro atoms. The number of rotatable bonds is 7. The lowest BCUT2D eigenvalue weighted by Gasteiger charge is -2.15. The molecule has 10 heteroatoms. The summed E-state index contributed by atoms with van der Waals surface area (Å²) in [7, 11) is 0. The number of aliphatic carboxylic acids is 1. The number of alkyl halides is 4. The lowest BCUT2D eigenvalue weighted by molar-refractivity contribution is -0.148. The molecule has 1 amide bonds. The zero-order valence-electron chi connectivity index (χ0n) is 11.6. The van der Waals surface area contributed by atoms with Crippen LogP contribution in [0.4, 0.5) is 23.2 Å². The molecule has 126 valence electrons. The quantitative estimate of drug-likeness (QED) is 0.588. The van der Waals surface area contributed by atoms with E-state index in [9.17, 15) is 27.2 Å². The predicted molar refractivity (Wildman–Crippen MR) is 68.6 cm³/mol. The lowest BCUT2D eigenvalue weighted by Crippen LogP contribution is -2.34. The number of nitrogens with one attached hydrogen (secondary N) is 1. The standard InChI is InChI=1S/C13H12F4N2O4/c14-9(15)13(16,17)6-23-8-2-1-7(5-18-8)19-10(20)12(3-4-12)11(21)22/h1-2,5,9H,3-4,6H2,(H,19,20)(H,21,22). The van der Waals surface area contributed by atoms with Crippen molar-refractivity contribution in [1.82, 2.24) is 4.98 Å². The van der Waals surface area contributed by atoms with E-state index in [1.165, 1.54) is 6.07 Å². The number of carboxylic acid groups (broad SMARTS) is 1. The SMILES string of the molecule is O=C(O)C1(C(=O)Nc2ccc(OCC(F)(F)C(F)F)nc2)CC1. The maximum absolute atomic E-state index is 12.7. The lowest BCUT2D eigenvalue weighted by atomic mass is 10.1. The molecule has 0 unspecified atom stereocenters. The summed E-state index contributed by atoms with van der Waals surface area (Å²) in [5.41, 5.74) is -1.30. The zero-order valence-corrected chi connectivity index (χ0v) is 11.6. The first kappa shape index (κ1) is 17.0. The van der Waals surface area contributed by atoms with Gasteiger partial charge in [0.05, 0.1) is 11.9 Å². The van der Waals surface area contributed by atoms with Crippen molar-refractivity contribution < 1.29 is 37.0 Å². The van der Waals surface area contributed by atoms with Crippen LogP contribution in [0.1, 0.15) is 12.8 Å². The molecule has 0 radical (unpaired) electrons. The van der Waals surface area contributed by atoms with Gasteiger partial charge in [-0.3, -0.25) is 9.59 Å². The minimum atomic E-state index is -4.30. The molecule has 1 aliphatic rings. The van der Waals surface area contributed by atoms with Crippen molar-refractivity contribution in [3.8, 4) is 5.88 Å². The Bertz CT molecular complexity index is 602. The van der Waals surface area contributed by atoms with Crippen LogP contribution in [-0.4, -0.2) is 40.9 Å². The van der Waals surface area contributed by atoms with E-state index in [1.54, 1.807) is 0 Å². The Balaban J connectivity index is 1.93. The van der Waals surface area contributed by atoms with Gasteiger partial charge in [-0.15, -0.1) is 0 Å². The van der Waals surface area contributed by atoms with Crippen molar-refractivity contribution in [2.24, 2.45) is 5.41 Å². The molecule has 0 atom stereocenters. The molecule has 0 aliphatic heterocycles. The molecule has 6 nitrogen and oxygen atoms in total. The number of hydrogen-bond acceptors (Lipinski definition) is 4. The largest absolute Gasteiger partial charge is 0.480 e. The Morgan fingerprint density at radius 3 is 2.48 bits per heavy atom.